The lowest BCUT2D eigenvalue weighted by Crippen LogP contribution is -2.26. The van der Waals surface area contributed by atoms with E-state index in [0.717, 1.165) is 78.8 Å². The van der Waals surface area contributed by atoms with Crippen molar-refractivity contribution in [2.24, 2.45) is 0 Å². The maximum Gasteiger partial charge on any atom is 0.164 e. The zero-order valence-electron chi connectivity index (χ0n) is 34.6. The summed E-state index contributed by atoms with van der Waals surface area (Å²) in [6, 6.07) is 65.4. The predicted molar refractivity (Wildman–Crippen MR) is 259 cm³/mol. The highest BCUT2D eigenvalue weighted by Crippen LogP contribution is 2.52. The van der Waals surface area contributed by atoms with E-state index < -0.39 is 0 Å². The van der Waals surface area contributed by atoms with Gasteiger partial charge in [0.05, 0.1) is 0 Å². The molecule has 0 saturated heterocycles. The second kappa shape index (κ2) is 13.8. The molecule has 4 nitrogen and oxygen atoms in total. The van der Waals surface area contributed by atoms with Crippen molar-refractivity contribution in [2.75, 3.05) is 0 Å². The van der Waals surface area contributed by atoms with E-state index in [0.29, 0.717) is 17.5 Å². The number of aromatic nitrogens is 3. The lowest BCUT2D eigenvalue weighted by molar-refractivity contribution is 0.669. The van der Waals surface area contributed by atoms with Gasteiger partial charge >= 0.3 is 0 Å². The summed E-state index contributed by atoms with van der Waals surface area (Å²) in [6.45, 7) is 2.35. The first-order valence-corrected chi connectivity index (χ1v) is 21.8. The molecule has 2 heterocycles. The van der Waals surface area contributed by atoms with Crippen molar-refractivity contribution in [1.82, 2.24) is 15.0 Å². The van der Waals surface area contributed by atoms with Crippen LogP contribution in [-0.2, 0) is 5.41 Å². The van der Waals surface area contributed by atoms with E-state index in [1.807, 2.05) is 0 Å². The van der Waals surface area contributed by atoms with Crippen LogP contribution in [0.2, 0.25) is 0 Å². The highest BCUT2D eigenvalue weighted by atomic mass is 16.3. The Kier molecular flexibility index (Phi) is 7.83. The molecule has 2 aliphatic rings. The lowest BCUT2D eigenvalue weighted by Gasteiger charge is -2.28. The number of benzene rings is 9. The molecule has 0 amide bonds. The molecular formula is C59H39N3O. The molecule has 13 rings (SSSR count). The van der Waals surface area contributed by atoms with E-state index in [-0.39, 0.29) is 5.41 Å². The number of nitrogens with zero attached hydrogens (tertiary/aromatic N) is 3. The molecule has 0 spiro atoms. The molecule has 4 heteroatoms. The quantitative estimate of drug-likeness (QED) is 0.174. The summed E-state index contributed by atoms with van der Waals surface area (Å²) in [5, 5.41) is 9.20. The normalized spacial score (nSPS) is 13.7. The van der Waals surface area contributed by atoms with E-state index >= 15 is 0 Å². The predicted octanol–water partition coefficient (Wildman–Crippen LogP) is 13.4. The van der Waals surface area contributed by atoms with Crippen LogP contribution in [0, 0.1) is 0 Å². The minimum Gasteiger partial charge on any atom is -0.456 e. The van der Waals surface area contributed by atoms with Crippen molar-refractivity contribution in [3.8, 4) is 56.4 Å². The van der Waals surface area contributed by atoms with Gasteiger partial charge in [-0.3, -0.25) is 0 Å². The van der Waals surface area contributed by atoms with E-state index in [4.69, 9.17) is 19.4 Å². The zero-order chi connectivity index (χ0) is 41.6. The van der Waals surface area contributed by atoms with Gasteiger partial charge in [0.25, 0.3) is 0 Å². The topological polar surface area (TPSA) is 51.8 Å². The summed E-state index contributed by atoms with van der Waals surface area (Å²) in [4.78, 5) is 16.1. The van der Waals surface area contributed by atoms with Crippen LogP contribution < -0.4 is 10.4 Å². The van der Waals surface area contributed by atoms with Gasteiger partial charge in [0.15, 0.2) is 17.5 Å². The number of hydrogen-bond acceptors (Lipinski definition) is 4. The van der Waals surface area contributed by atoms with Crippen LogP contribution in [0.3, 0.4) is 0 Å². The summed E-state index contributed by atoms with van der Waals surface area (Å²) in [5.41, 5.74) is 12.8. The average Bonchev–Trinajstić information content (AvgIpc) is 3.85. The Labute approximate surface area is 364 Å². The van der Waals surface area contributed by atoms with Gasteiger partial charge in [0.2, 0.25) is 0 Å². The molecule has 11 aromatic rings. The van der Waals surface area contributed by atoms with Crippen molar-refractivity contribution in [2.45, 2.75) is 25.2 Å². The smallest absolute Gasteiger partial charge is 0.164 e. The van der Waals surface area contributed by atoms with Crippen LogP contribution in [0.15, 0.2) is 186 Å². The van der Waals surface area contributed by atoms with Crippen LogP contribution in [0.1, 0.15) is 36.5 Å². The standard InChI is InChI=1S/C59H39N3O/c1-59(51-25-10-8-22-47(51)48-23-9-11-26-52(48)59)44-20-12-19-41(32-44)56-60-57(42-29-28-36-14-2-3-15-37(36)30-42)62-58(61-56)49-34-43(31-40-18-6-7-21-45(40)49)46-24-13-27-53-55(46)50-33-38-16-4-5-17-39(38)35-54(50)63-53/h4-35H,2-3H2,1H3. The Balaban J connectivity index is 1.04. The Morgan fingerprint density at radius 3 is 1.84 bits per heavy atom. The third-order valence-electron chi connectivity index (χ3n) is 13.6. The van der Waals surface area contributed by atoms with Crippen LogP contribution >= 0.6 is 0 Å². The van der Waals surface area contributed by atoms with Gasteiger partial charge < -0.3 is 4.42 Å². The molecule has 2 aliphatic carbocycles. The Morgan fingerprint density at radius 1 is 0.413 bits per heavy atom. The zero-order valence-corrected chi connectivity index (χ0v) is 34.6. The fraction of sp³-hybridized carbons (Fsp3) is 0.0678. The Hall–Kier alpha value is -7.95. The summed E-state index contributed by atoms with van der Waals surface area (Å²) in [7, 11) is 0. The number of furan rings is 1. The molecule has 0 N–H and O–H groups in total. The third kappa shape index (κ3) is 5.58. The van der Waals surface area contributed by atoms with Crippen molar-refractivity contribution < 1.29 is 4.42 Å². The monoisotopic (exact) mass is 805 g/mol. The van der Waals surface area contributed by atoms with Gasteiger partial charge in [-0.25, -0.2) is 15.0 Å². The van der Waals surface area contributed by atoms with Gasteiger partial charge in [0, 0.05) is 32.9 Å². The maximum absolute atomic E-state index is 6.55. The van der Waals surface area contributed by atoms with Crippen molar-refractivity contribution in [3.63, 3.8) is 0 Å². The molecule has 0 atom stereocenters. The molecule has 296 valence electrons. The second-order valence-corrected chi connectivity index (χ2v) is 17.2. The fourth-order valence-corrected chi connectivity index (χ4v) is 10.4. The molecule has 0 aliphatic heterocycles. The minimum atomic E-state index is -0.359. The first kappa shape index (κ1) is 35.8. The van der Waals surface area contributed by atoms with Crippen LogP contribution in [0.4, 0.5) is 0 Å². The number of hydrogen-bond donors (Lipinski definition) is 0. The number of fused-ring (bicyclic) bond motifs is 9. The summed E-state index contributed by atoms with van der Waals surface area (Å²) >= 11 is 0. The van der Waals surface area contributed by atoms with E-state index in [9.17, 15) is 0 Å². The maximum atomic E-state index is 6.55. The van der Waals surface area contributed by atoms with Gasteiger partial charge in [-0.15, -0.1) is 0 Å². The van der Waals surface area contributed by atoms with Crippen LogP contribution in [0.25, 0.3) is 112 Å². The van der Waals surface area contributed by atoms with Crippen molar-refractivity contribution in [3.05, 3.63) is 209 Å². The highest BCUT2D eigenvalue weighted by molar-refractivity contribution is 6.16. The van der Waals surface area contributed by atoms with E-state index in [1.54, 1.807) is 0 Å². The van der Waals surface area contributed by atoms with Gasteiger partial charge in [-0.1, -0.05) is 152 Å². The summed E-state index contributed by atoms with van der Waals surface area (Å²) in [6.07, 6.45) is 6.72. The lowest BCUT2D eigenvalue weighted by atomic mass is 9.74. The summed E-state index contributed by atoms with van der Waals surface area (Å²) in [5.74, 6) is 1.91. The second-order valence-electron chi connectivity index (χ2n) is 17.2. The molecule has 0 unspecified atom stereocenters. The van der Waals surface area contributed by atoms with Crippen molar-refractivity contribution >= 4 is 55.6 Å². The molecule has 63 heavy (non-hydrogen) atoms. The molecule has 0 bridgehead atoms. The summed E-state index contributed by atoms with van der Waals surface area (Å²) < 4.78 is 6.55. The van der Waals surface area contributed by atoms with E-state index in [1.165, 1.54) is 43.6 Å². The molecular weight excluding hydrogens is 767 g/mol. The van der Waals surface area contributed by atoms with E-state index in [2.05, 4.69) is 201 Å². The fourth-order valence-electron chi connectivity index (χ4n) is 10.4. The highest BCUT2D eigenvalue weighted by Gasteiger charge is 2.40. The van der Waals surface area contributed by atoms with Crippen LogP contribution in [-0.4, -0.2) is 15.0 Å². The first-order chi connectivity index (χ1) is 31.1. The first-order valence-electron chi connectivity index (χ1n) is 21.8. The van der Waals surface area contributed by atoms with Gasteiger partial charge in [-0.05, 0) is 133 Å². The SMILES string of the molecule is CC1(c2cccc(-c3nc(-c4ccc5c(c4)=CCCC=5)nc(-c4cc(-c5cccc6oc7cc8ccccc8cc7c56)cc5ccccc45)n3)c2)c2ccccc2-c2ccccc21. The minimum absolute atomic E-state index is 0.359. The van der Waals surface area contributed by atoms with Gasteiger partial charge in [-0.2, -0.15) is 0 Å². The molecule has 0 saturated carbocycles. The molecule has 9 aromatic carbocycles. The van der Waals surface area contributed by atoms with Crippen LogP contribution in [0.5, 0.6) is 0 Å². The molecule has 2 aromatic heterocycles. The average molecular weight is 806 g/mol. The van der Waals surface area contributed by atoms with Gasteiger partial charge in [0.1, 0.15) is 11.2 Å². The molecule has 0 radical (unpaired) electrons. The Bertz CT molecular complexity index is 3790. The Morgan fingerprint density at radius 2 is 1.05 bits per heavy atom. The number of rotatable bonds is 5. The largest absolute Gasteiger partial charge is 0.456 e. The van der Waals surface area contributed by atoms with Crippen molar-refractivity contribution in [1.29, 1.82) is 0 Å². The third-order valence-corrected chi connectivity index (χ3v) is 13.6. The molecule has 0 fully saturated rings.